The zero-order chi connectivity index (χ0) is 18.3. The highest BCUT2D eigenvalue weighted by Gasteiger charge is 2.17. The second kappa shape index (κ2) is 6.34. The predicted octanol–water partition coefficient (Wildman–Crippen LogP) is 2.78. The van der Waals surface area contributed by atoms with Crippen LogP contribution in [0.5, 0.6) is 0 Å². The van der Waals surface area contributed by atoms with Crippen molar-refractivity contribution in [3.05, 3.63) is 63.9 Å². The molecule has 0 aliphatic rings. The number of rotatable bonds is 4. The van der Waals surface area contributed by atoms with Gasteiger partial charge in [0.25, 0.3) is 0 Å². The van der Waals surface area contributed by atoms with Crippen molar-refractivity contribution in [2.75, 3.05) is 7.05 Å². The van der Waals surface area contributed by atoms with E-state index in [-0.39, 0.29) is 12.5 Å². The largest absolute Gasteiger partial charge is 0.420 e. The zero-order valence-corrected chi connectivity index (χ0v) is 14.7. The van der Waals surface area contributed by atoms with Crippen molar-refractivity contribution in [3.8, 4) is 0 Å². The summed E-state index contributed by atoms with van der Waals surface area (Å²) in [6, 6.07) is 12.5. The first-order valence-corrected chi connectivity index (χ1v) is 8.35. The highest BCUT2D eigenvalue weighted by molar-refractivity contribution is 6.31. The van der Waals surface area contributed by atoms with Gasteiger partial charge in [-0.1, -0.05) is 23.7 Å². The summed E-state index contributed by atoms with van der Waals surface area (Å²) in [5.74, 6) is -0.155. The van der Waals surface area contributed by atoms with Gasteiger partial charge in [0.2, 0.25) is 5.91 Å². The number of aromatic nitrogens is 3. The molecule has 0 saturated heterocycles. The Hall–Kier alpha value is -3.06. The summed E-state index contributed by atoms with van der Waals surface area (Å²) in [6.45, 7) is 0.168. The molecule has 2 aromatic heterocycles. The number of benzene rings is 2. The molecule has 1 amide bonds. The number of carbonyl (C=O) groups excluding carboxylic acids is 1. The minimum absolute atomic E-state index is 0.136. The molecule has 0 radical (unpaired) electrons. The maximum absolute atomic E-state index is 12.6. The quantitative estimate of drug-likeness (QED) is 0.598. The molecule has 0 atom stereocenters. The lowest BCUT2D eigenvalue weighted by Gasteiger charge is -2.15. The zero-order valence-electron chi connectivity index (χ0n) is 13.9. The molecule has 0 aliphatic heterocycles. The summed E-state index contributed by atoms with van der Waals surface area (Å²) in [6.07, 6.45) is 0. The van der Waals surface area contributed by atoms with Gasteiger partial charge in [-0.2, -0.15) is 0 Å². The summed E-state index contributed by atoms with van der Waals surface area (Å²) in [5, 5.41) is 0.468. The van der Waals surface area contributed by atoms with Gasteiger partial charge in [0.1, 0.15) is 12.4 Å². The Morgan fingerprint density at radius 1 is 1.31 bits per heavy atom. The number of H-pyrrole nitrogens is 1. The average molecular weight is 371 g/mol. The van der Waals surface area contributed by atoms with Crippen LogP contribution in [-0.2, 0) is 17.9 Å². The molecular formula is C18H15ClN4O3. The van der Waals surface area contributed by atoms with Crippen molar-refractivity contribution >= 4 is 39.6 Å². The fraction of sp³-hybridized carbons (Fsp3) is 0.167. The number of para-hydroxylation sites is 2. The van der Waals surface area contributed by atoms with Crippen LogP contribution in [-0.4, -0.2) is 32.4 Å². The molecule has 26 heavy (non-hydrogen) atoms. The van der Waals surface area contributed by atoms with Crippen LogP contribution in [0.2, 0.25) is 5.02 Å². The van der Waals surface area contributed by atoms with Gasteiger partial charge in [-0.05, 0) is 30.3 Å². The Balaban J connectivity index is 1.55. The summed E-state index contributed by atoms with van der Waals surface area (Å²) in [7, 11) is 1.66. The Labute approximate surface area is 152 Å². The van der Waals surface area contributed by atoms with Crippen molar-refractivity contribution in [3.63, 3.8) is 0 Å². The Kier molecular flexibility index (Phi) is 4.00. The van der Waals surface area contributed by atoms with Gasteiger partial charge in [0, 0.05) is 12.1 Å². The second-order valence-corrected chi connectivity index (χ2v) is 6.45. The minimum atomic E-state index is -0.590. The molecule has 0 spiro atoms. The summed E-state index contributed by atoms with van der Waals surface area (Å²) >= 11 is 5.98. The van der Waals surface area contributed by atoms with Crippen LogP contribution in [0.4, 0.5) is 0 Å². The highest BCUT2D eigenvalue weighted by Crippen LogP contribution is 2.18. The first-order chi connectivity index (χ1) is 12.5. The number of nitrogens with zero attached hydrogens (tertiary/aromatic N) is 3. The monoisotopic (exact) mass is 370 g/mol. The van der Waals surface area contributed by atoms with E-state index in [1.54, 1.807) is 25.2 Å². The van der Waals surface area contributed by atoms with Crippen molar-refractivity contribution in [1.82, 2.24) is 19.4 Å². The van der Waals surface area contributed by atoms with E-state index in [4.69, 9.17) is 16.0 Å². The van der Waals surface area contributed by atoms with Gasteiger partial charge < -0.3 is 14.3 Å². The first-order valence-electron chi connectivity index (χ1n) is 7.98. The van der Waals surface area contributed by atoms with Crippen molar-refractivity contribution < 1.29 is 9.21 Å². The standard InChI is InChI=1S/C18H15ClN4O3/c1-22(9-16-20-12-4-2-3-5-13(12)21-16)17(24)10-23-14-8-11(19)6-7-15(14)26-18(23)25/h2-8H,9-10H2,1H3,(H,20,21). The summed E-state index contributed by atoms with van der Waals surface area (Å²) in [5.41, 5.74) is 2.64. The Morgan fingerprint density at radius 3 is 2.92 bits per heavy atom. The molecule has 0 saturated carbocycles. The van der Waals surface area contributed by atoms with Gasteiger partial charge in [0.15, 0.2) is 5.58 Å². The lowest BCUT2D eigenvalue weighted by Crippen LogP contribution is -2.32. The average Bonchev–Trinajstić information content (AvgIpc) is 3.15. The van der Waals surface area contributed by atoms with Crippen molar-refractivity contribution in [1.29, 1.82) is 0 Å². The molecule has 0 bridgehead atoms. The van der Waals surface area contributed by atoms with Crippen LogP contribution in [0, 0.1) is 0 Å². The molecule has 7 nitrogen and oxygen atoms in total. The van der Waals surface area contributed by atoms with Crippen LogP contribution in [0.15, 0.2) is 51.7 Å². The van der Waals surface area contributed by atoms with E-state index >= 15 is 0 Å². The molecule has 1 N–H and O–H groups in total. The second-order valence-electron chi connectivity index (χ2n) is 6.02. The van der Waals surface area contributed by atoms with Gasteiger partial charge >= 0.3 is 5.76 Å². The third-order valence-electron chi connectivity index (χ3n) is 4.17. The maximum Gasteiger partial charge on any atom is 0.420 e. The number of aromatic amines is 1. The molecule has 4 aromatic rings. The fourth-order valence-electron chi connectivity index (χ4n) is 2.83. The predicted molar refractivity (Wildman–Crippen MR) is 98.1 cm³/mol. The topological polar surface area (TPSA) is 84.1 Å². The maximum atomic E-state index is 12.6. The fourth-order valence-corrected chi connectivity index (χ4v) is 3.00. The van der Waals surface area contributed by atoms with Crippen molar-refractivity contribution in [2.24, 2.45) is 0 Å². The number of nitrogens with one attached hydrogen (secondary N) is 1. The lowest BCUT2D eigenvalue weighted by molar-refractivity contribution is -0.131. The van der Waals surface area contributed by atoms with Crippen molar-refractivity contribution in [2.45, 2.75) is 13.1 Å². The van der Waals surface area contributed by atoms with Gasteiger partial charge in [0.05, 0.1) is 23.1 Å². The van der Waals surface area contributed by atoms with E-state index < -0.39 is 5.76 Å². The third kappa shape index (κ3) is 2.97. The van der Waals surface area contributed by atoms with E-state index in [1.807, 2.05) is 24.3 Å². The lowest BCUT2D eigenvalue weighted by atomic mass is 10.3. The molecule has 0 unspecified atom stereocenters. The minimum Gasteiger partial charge on any atom is -0.408 e. The molecule has 0 aliphatic carbocycles. The number of amides is 1. The number of imidazole rings is 1. The van der Waals surface area contributed by atoms with Crippen LogP contribution in [0.3, 0.4) is 0 Å². The number of oxazole rings is 1. The number of halogens is 1. The number of hydrogen-bond donors (Lipinski definition) is 1. The molecule has 4 rings (SSSR count). The summed E-state index contributed by atoms with van der Waals surface area (Å²) in [4.78, 5) is 33.8. The molecule has 8 heteroatoms. The van der Waals surface area contributed by atoms with E-state index in [0.717, 1.165) is 11.0 Å². The number of likely N-dealkylation sites (N-methyl/N-ethyl adjacent to an activating group) is 1. The van der Waals surface area contributed by atoms with E-state index in [9.17, 15) is 9.59 Å². The van der Waals surface area contributed by atoms with E-state index in [2.05, 4.69) is 9.97 Å². The van der Waals surface area contributed by atoms with Gasteiger partial charge in [-0.15, -0.1) is 0 Å². The highest BCUT2D eigenvalue weighted by atomic mass is 35.5. The normalized spacial score (nSPS) is 11.3. The van der Waals surface area contributed by atoms with E-state index in [1.165, 1.54) is 9.47 Å². The summed E-state index contributed by atoms with van der Waals surface area (Å²) < 4.78 is 6.43. The Morgan fingerprint density at radius 2 is 2.12 bits per heavy atom. The van der Waals surface area contributed by atoms with Crippen LogP contribution in [0.1, 0.15) is 5.82 Å². The molecule has 2 aromatic carbocycles. The van der Waals surface area contributed by atoms with Gasteiger partial charge in [-0.25, -0.2) is 9.78 Å². The van der Waals surface area contributed by atoms with Gasteiger partial charge in [-0.3, -0.25) is 9.36 Å². The van der Waals surface area contributed by atoms with Crippen LogP contribution < -0.4 is 5.76 Å². The molecule has 0 fully saturated rings. The number of hydrogen-bond acceptors (Lipinski definition) is 4. The van der Waals surface area contributed by atoms with Crippen LogP contribution >= 0.6 is 11.6 Å². The third-order valence-corrected chi connectivity index (χ3v) is 4.41. The molecule has 132 valence electrons. The van der Waals surface area contributed by atoms with Crippen LogP contribution in [0.25, 0.3) is 22.1 Å². The van der Waals surface area contributed by atoms with E-state index in [0.29, 0.717) is 28.5 Å². The first kappa shape index (κ1) is 16.4. The molecular weight excluding hydrogens is 356 g/mol. The smallest absolute Gasteiger partial charge is 0.408 e. The number of carbonyl (C=O) groups is 1. The number of fused-ring (bicyclic) bond motifs is 2. The molecule has 2 heterocycles. The Bertz CT molecular complexity index is 1140. The SMILES string of the molecule is CN(Cc1nc2ccccc2[nH]1)C(=O)Cn1c(=O)oc2ccc(Cl)cc21.